The summed E-state index contributed by atoms with van der Waals surface area (Å²) in [6.07, 6.45) is 4.14. The zero-order valence-corrected chi connectivity index (χ0v) is 10.1. The number of nitrogens with one attached hydrogen (secondary N) is 1. The van der Waals surface area contributed by atoms with Crippen LogP contribution < -0.4 is 5.32 Å². The van der Waals surface area contributed by atoms with Crippen LogP contribution in [0.25, 0.3) is 0 Å². The Balaban J connectivity index is 1.61. The van der Waals surface area contributed by atoms with Crippen LogP contribution in [0.2, 0.25) is 0 Å². The SMILES string of the molecule is CC1CNCC(CC2Cc3ccccc32)C1. The molecule has 0 radical (unpaired) electrons. The van der Waals surface area contributed by atoms with Crippen molar-refractivity contribution in [1.82, 2.24) is 5.32 Å². The molecule has 1 nitrogen and oxygen atoms in total. The van der Waals surface area contributed by atoms with Crippen LogP contribution in [0.15, 0.2) is 24.3 Å². The van der Waals surface area contributed by atoms with Crippen molar-refractivity contribution in [3.63, 3.8) is 0 Å². The molecular formula is C15H21N. The van der Waals surface area contributed by atoms with Gasteiger partial charge in [-0.2, -0.15) is 0 Å². The Morgan fingerprint density at radius 2 is 2.12 bits per heavy atom. The van der Waals surface area contributed by atoms with Crippen LogP contribution in [0.3, 0.4) is 0 Å². The third kappa shape index (κ3) is 1.89. The van der Waals surface area contributed by atoms with E-state index in [9.17, 15) is 0 Å². The highest BCUT2D eigenvalue weighted by atomic mass is 14.9. The van der Waals surface area contributed by atoms with E-state index in [1.165, 1.54) is 32.4 Å². The normalized spacial score (nSPS) is 32.9. The van der Waals surface area contributed by atoms with E-state index >= 15 is 0 Å². The number of hydrogen-bond acceptors (Lipinski definition) is 1. The molecular weight excluding hydrogens is 194 g/mol. The van der Waals surface area contributed by atoms with Crippen molar-refractivity contribution in [3.05, 3.63) is 35.4 Å². The topological polar surface area (TPSA) is 12.0 Å². The molecule has 0 amide bonds. The minimum atomic E-state index is 0.855. The minimum Gasteiger partial charge on any atom is -0.316 e. The van der Waals surface area contributed by atoms with E-state index in [4.69, 9.17) is 0 Å². The van der Waals surface area contributed by atoms with Gasteiger partial charge in [-0.3, -0.25) is 0 Å². The number of hydrogen-bond donors (Lipinski definition) is 1. The maximum absolute atomic E-state index is 3.56. The zero-order valence-electron chi connectivity index (χ0n) is 10.1. The van der Waals surface area contributed by atoms with Gasteiger partial charge in [0.1, 0.15) is 0 Å². The molecule has 1 saturated heterocycles. The first-order chi connectivity index (χ1) is 7.83. The minimum absolute atomic E-state index is 0.855. The van der Waals surface area contributed by atoms with Gasteiger partial charge in [-0.15, -0.1) is 0 Å². The third-order valence-electron chi connectivity index (χ3n) is 4.24. The fraction of sp³-hybridized carbons (Fsp3) is 0.600. The van der Waals surface area contributed by atoms with Gasteiger partial charge in [0.15, 0.2) is 0 Å². The van der Waals surface area contributed by atoms with E-state index in [2.05, 4.69) is 36.5 Å². The molecule has 1 heteroatoms. The summed E-state index contributed by atoms with van der Waals surface area (Å²) in [6, 6.07) is 8.96. The molecule has 0 spiro atoms. The van der Waals surface area contributed by atoms with Crippen LogP contribution in [0.1, 0.15) is 36.8 Å². The van der Waals surface area contributed by atoms with Crippen molar-refractivity contribution in [3.8, 4) is 0 Å². The third-order valence-corrected chi connectivity index (χ3v) is 4.24. The highest BCUT2D eigenvalue weighted by Gasteiger charge is 2.29. The number of piperidine rings is 1. The van der Waals surface area contributed by atoms with Gasteiger partial charge in [0.05, 0.1) is 0 Å². The Labute approximate surface area is 98.3 Å². The van der Waals surface area contributed by atoms with Crippen LogP contribution in [0.4, 0.5) is 0 Å². The summed E-state index contributed by atoms with van der Waals surface area (Å²) in [4.78, 5) is 0. The maximum atomic E-state index is 3.56. The smallest absolute Gasteiger partial charge is 0.00201 e. The molecule has 1 fully saturated rings. The van der Waals surface area contributed by atoms with Crippen LogP contribution in [-0.4, -0.2) is 13.1 Å². The molecule has 16 heavy (non-hydrogen) atoms. The molecule has 1 aromatic carbocycles. The Morgan fingerprint density at radius 3 is 2.94 bits per heavy atom. The standard InChI is InChI=1S/C15H21N/c1-11-6-12(10-16-9-11)7-14-8-13-4-2-3-5-15(13)14/h2-5,11-12,14,16H,6-10H2,1H3. The van der Waals surface area contributed by atoms with Crippen molar-refractivity contribution in [2.24, 2.45) is 11.8 Å². The first kappa shape index (κ1) is 10.3. The van der Waals surface area contributed by atoms with Gasteiger partial charge in [-0.25, -0.2) is 0 Å². The van der Waals surface area contributed by atoms with E-state index in [0.717, 1.165) is 17.8 Å². The van der Waals surface area contributed by atoms with Gasteiger partial charge in [0.25, 0.3) is 0 Å². The van der Waals surface area contributed by atoms with E-state index < -0.39 is 0 Å². The number of fused-ring (bicyclic) bond motifs is 1. The summed E-state index contributed by atoms with van der Waals surface area (Å²) in [5.74, 6) is 2.63. The van der Waals surface area contributed by atoms with E-state index in [-0.39, 0.29) is 0 Å². The molecule has 0 bridgehead atoms. The summed E-state index contributed by atoms with van der Waals surface area (Å²) >= 11 is 0. The monoisotopic (exact) mass is 215 g/mol. The van der Waals surface area contributed by atoms with Crippen molar-refractivity contribution in [2.75, 3.05) is 13.1 Å². The van der Waals surface area contributed by atoms with Gasteiger partial charge in [-0.1, -0.05) is 31.2 Å². The van der Waals surface area contributed by atoms with Gasteiger partial charge in [-0.05, 0) is 61.2 Å². The molecule has 3 unspecified atom stereocenters. The number of benzene rings is 1. The van der Waals surface area contributed by atoms with E-state index in [0.29, 0.717) is 0 Å². The van der Waals surface area contributed by atoms with Crippen LogP contribution in [-0.2, 0) is 6.42 Å². The molecule has 2 aliphatic rings. The number of rotatable bonds is 2. The first-order valence-corrected chi connectivity index (χ1v) is 6.61. The van der Waals surface area contributed by atoms with Gasteiger partial charge >= 0.3 is 0 Å². The zero-order chi connectivity index (χ0) is 11.0. The second-order valence-corrected chi connectivity index (χ2v) is 5.70. The molecule has 86 valence electrons. The van der Waals surface area contributed by atoms with Crippen molar-refractivity contribution in [2.45, 2.75) is 32.1 Å². The lowest BCUT2D eigenvalue weighted by molar-refractivity contribution is 0.269. The lowest BCUT2D eigenvalue weighted by atomic mass is 9.71. The fourth-order valence-corrected chi connectivity index (χ4v) is 3.42. The van der Waals surface area contributed by atoms with E-state index in [1.54, 1.807) is 11.1 Å². The fourth-order valence-electron chi connectivity index (χ4n) is 3.42. The summed E-state index contributed by atoms with van der Waals surface area (Å²) in [7, 11) is 0. The maximum Gasteiger partial charge on any atom is -0.00201 e. The van der Waals surface area contributed by atoms with Gasteiger partial charge < -0.3 is 5.32 Å². The average molecular weight is 215 g/mol. The molecule has 1 N–H and O–H groups in total. The highest BCUT2D eigenvalue weighted by Crippen LogP contribution is 2.40. The summed E-state index contributed by atoms with van der Waals surface area (Å²) < 4.78 is 0. The Bertz CT molecular complexity index is 371. The molecule has 1 heterocycles. The highest BCUT2D eigenvalue weighted by molar-refractivity contribution is 5.39. The lowest BCUT2D eigenvalue weighted by Crippen LogP contribution is -2.36. The first-order valence-electron chi connectivity index (χ1n) is 6.61. The molecule has 0 saturated carbocycles. The van der Waals surface area contributed by atoms with Crippen molar-refractivity contribution >= 4 is 0 Å². The second kappa shape index (κ2) is 4.21. The Kier molecular flexibility index (Phi) is 2.72. The molecule has 3 rings (SSSR count). The Morgan fingerprint density at radius 1 is 1.25 bits per heavy atom. The van der Waals surface area contributed by atoms with Crippen LogP contribution >= 0.6 is 0 Å². The van der Waals surface area contributed by atoms with Gasteiger partial charge in [0.2, 0.25) is 0 Å². The van der Waals surface area contributed by atoms with Crippen molar-refractivity contribution in [1.29, 1.82) is 0 Å². The molecule has 1 aliphatic carbocycles. The largest absolute Gasteiger partial charge is 0.316 e. The predicted octanol–water partition coefficient (Wildman–Crippen LogP) is 2.96. The lowest BCUT2D eigenvalue weighted by Gasteiger charge is -2.36. The molecule has 3 atom stereocenters. The summed E-state index contributed by atoms with van der Waals surface area (Å²) in [6.45, 7) is 4.83. The van der Waals surface area contributed by atoms with Gasteiger partial charge in [0, 0.05) is 0 Å². The summed E-state index contributed by atoms with van der Waals surface area (Å²) in [5.41, 5.74) is 3.21. The quantitative estimate of drug-likeness (QED) is 0.800. The molecule has 1 aliphatic heterocycles. The second-order valence-electron chi connectivity index (χ2n) is 5.70. The predicted molar refractivity (Wildman–Crippen MR) is 67.6 cm³/mol. The Hall–Kier alpha value is -0.820. The average Bonchev–Trinajstić information content (AvgIpc) is 2.26. The van der Waals surface area contributed by atoms with Crippen molar-refractivity contribution < 1.29 is 0 Å². The van der Waals surface area contributed by atoms with Crippen LogP contribution in [0.5, 0.6) is 0 Å². The molecule has 0 aromatic heterocycles. The van der Waals surface area contributed by atoms with E-state index in [1.807, 2.05) is 0 Å². The molecule has 1 aromatic rings. The summed E-state index contributed by atoms with van der Waals surface area (Å²) in [5, 5.41) is 3.56. The van der Waals surface area contributed by atoms with Crippen LogP contribution in [0, 0.1) is 11.8 Å².